The van der Waals surface area contributed by atoms with Gasteiger partial charge in [-0.25, -0.2) is 8.42 Å². The predicted octanol–water partition coefficient (Wildman–Crippen LogP) is 0.743. The van der Waals surface area contributed by atoms with E-state index >= 15 is 0 Å². The summed E-state index contributed by atoms with van der Waals surface area (Å²) in [6.45, 7) is 0.749. The Labute approximate surface area is 128 Å². The Bertz CT molecular complexity index is 667. The molecular formula is C14H17NO4S2. The van der Waals surface area contributed by atoms with Crippen molar-refractivity contribution in [3.63, 3.8) is 0 Å². The number of carbonyl (C=O) groups excluding carboxylic acids is 1. The normalized spacial score (nSPS) is 17.7. The van der Waals surface area contributed by atoms with Gasteiger partial charge in [-0.05, 0) is 18.6 Å². The zero-order valence-electron chi connectivity index (χ0n) is 11.5. The number of carbonyl (C=O) groups is 1. The number of thiophene rings is 1. The molecule has 0 unspecified atom stereocenters. The van der Waals surface area contributed by atoms with E-state index in [4.69, 9.17) is 5.11 Å². The van der Waals surface area contributed by atoms with Gasteiger partial charge in [0, 0.05) is 19.5 Å². The lowest BCUT2D eigenvalue weighted by atomic mass is 10.3. The van der Waals surface area contributed by atoms with E-state index in [9.17, 15) is 13.2 Å². The van der Waals surface area contributed by atoms with Crippen LogP contribution in [0.1, 0.15) is 27.4 Å². The zero-order chi connectivity index (χ0) is 15.3. The molecule has 0 spiro atoms. The van der Waals surface area contributed by atoms with Gasteiger partial charge in [0.25, 0.3) is 5.91 Å². The number of nitrogens with zero attached hydrogens (tertiary/aromatic N) is 1. The summed E-state index contributed by atoms with van der Waals surface area (Å²) >= 11 is 1.30. The van der Waals surface area contributed by atoms with Crippen LogP contribution in [-0.4, -0.2) is 55.5 Å². The summed E-state index contributed by atoms with van der Waals surface area (Å²) in [7, 11) is -3.01. The largest absolute Gasteiger partial charge is 0.395 e. The summed E-state index contributed by atoms with van der Waals surface area (Å²) in [5.74, 6) is 5.76. The third kappa shape index (κ3) is 4.56. The van der Waals surface area contributed by atoms with Crippen molar-refractivity contribution in [3.8, 4) is 11.8 Å². The Kier molecular flexibility index (Phi) is 5.39. The molecule has 2 heterocycles. The first-order valence-electron chi connectivity index (χ1n) is 6.71. The summed E-state index contributed by atoms with van der Waals surface area (Å²) in [6, 6.07) is 3.49. The Morgan fingerprint density at radius 2 is 2.14 bits per heavy atom. The van der Waals surface area contributed by atoms with Crippen molar-refractivity contribution >= 4 is 27.1 Å². The van der Waals surface area contributed by atoms with Gasteiger partial charge in [0.15, 0.2) is 9.84 Å². The zero-order valence-corrected chi connectivity index (χ0v) is 13.2. The van der Waals surface area contributed by atoms with Crippen LogP contribution in [-0.2, 0) is 9.84 Å². The molecule has 0 saturated carbocycles. The van der Waals surface area contributed by atoms with Crippen molar-refractivity contribution < 1.29 is 18.3 Å². The second-order valence-electron chi connectivity index (χ2n) is 4.74. The maximum atomic E-state index is 12.4. The molecule has 2 rings (SSSR count). The van der Waals surface area contributed by atoms with Crippen molar-refractivity contribution in [2.75, 3.05) is 31.2 Å². The molecule has 0 atom stereocenters. The standard InChI is InChI=1S/C14H17NO4S2/c16-9-2-1-4-12-5-6-13(20-12)14(17)15-7-3-10-21(18,19)11-8-15/h5-6,16H,2-3,7-11H2. The predicted molar refractivity (Wildman–Crippen MR) is 82.1 cm³/mol. The lowest BCUT2D eigenvalue weighted by Crippen LogP contribution is -2.33. The molecule has 1 N–H and O–H groups in total. The highest BCUT2D eigenvalue weighted by atomic mass is 32.2. The SMILES string of the molecule is O=C(c1ccc(C#CCCO)s1)N1CCCS(=O)(=O)CC1. The van der Waals surface area contributed by atoms with Gasteiger partial charge in [-0.15, -0.1) is 11.3 Å². The van der Waals surface area contributed by atoms with Gasteiger partial charge >= 0.3 is 0 Å². The number of aliphatic hydroxyl groups is 1. The van der Waals surface area contributed by atoms with Gasteiger partial charge in [-0.2, -0.15) is 0 Å². The van der Waals surface area contributed by atoms with E-state index in [1.807, 2.05) is 0 Å². The molecular weight excluding hydrogens is 310 g/mol. The van der Waals surface area contributed by atoms with Gasteiger partial charge in [0.2, 0.25) is 0 Å². The molecule has 1 amide bonds. The highest BCUT2D eigenvalue weighted by Crippen LogP contribution is 2.19. The molecule has 0 aliphatic carbocycles. The van der Waals surface area contributed by atoms with Crippen molar-refractivity contribution in [3.05, 3.63) is 21.9 Å². The molecule has 5 nitrogen and oxygen atoms in total. The molecule has 1 aromatic heterocycles. The number of amides is 1. The fraction of sp³-hybridized carbons (Fsp3) is 0.500. The van der Waals surface area contributed by atoms with Crippen LogP contribution < -0.4 is 0 Å². The number of hydrogen-bond acceptors (Lipinski definition) is 5. The third-order valence-electron chi connectivity index (χ3n) is 3.11. The molecule has 0 aromatic carbocycles. The molecule has 1 aliphatic heterocycles. The Morgan fingerprint density at radius 3 is 2.90 bits per heavy atom. The van der Waals surface area contributed by atoms with Crippen LogP contribution in [0.15, 0.2) is 12.1 Å². The van der Waals surface area contributed by atoms with Crippen LogP contribution in [0.3, 0.4) is 0 Å². The lowest BCUT2D eigenvalue weighted by Gasteiger charge is -2.18. The van der Waals surface area contributed by atoms with E-state index < -0.39 is 9.84 Å². The van der Waals surface area contributed by atoms with Crippen molar-refractivity contribution in [2.45, 2.75) is 12.8 Å². The second kappa shape index (κ2) is 7.07. The average molecular weight is 327 g/mol. The lowest BCUT2D eigenvalue weighted by molar-refractivity contribution is 0.0773. The average Bonchev–Trinajstić information content (AvgIpc) is 2.83. The smallest absolute Gasteiger partial charge is 0.263 e. The minimum absolute atomic E-state index is 0.0203. The van der Waals surface area contributed by atoms with Crippen LogP contribution in [0.4, 0.5) is 0 Å². The molecule has 1 aromatic rings. The van der Waals surface area contributed by atoms with E-state index in [-0.39, 0.29) is 30.6 Å². The summed E-state index contributed by atoms with van der Waals surface area (Å²) in [5, 5.41) is 8.67. The summed E-state index contributed by atoms with van der Waals surface area (Å²) in [4.78, 5) is 15.3. The van der Waals surface area contributed by atoms with Crippen LogP contribution in [0.5, 0.6) is 0 Å². The minimum Gasteiger partial charge on any atom is -0.395 e. The summed E-state index contributed by atoms with van der Waals surface area (Å²) in [6.07, 6.45) is 0.897. The quantitative estimate of drug-likeness (QED) is 0.813. The monoisotopic (exact) mass is 327 g/mol. The van der Waals surface area contributed by atoms with Crippen molar-refractivity contribution in [1.29, 1.82) is 0 Å². The van der Waals surface area contributed by atoms with Crippen LogP contribution in [0, 0.1) is 11.8 Å². The number of sulfone groups is 1. The van der Waals surface area contributed by atoms with Crippen LogP contribution >= 0.6 is 11.3 Å². The first-order valence-corrected chi connectivity index (χ1v) is 9.35. The van der Waals surface area contributed by atoms with E-state index in [1.165, 1.54) is 11.3 Å². The second-order valence-corrected chi connectivity index (χ2v) is 8.12. The van der Waals surface area contributed by atoms with Gasteiger partial charge in [-0.3, -0.25) is 4.79 Å². The molecule has 7 heteroatoms. The van der Waals surface area contributed by atoms with E-state index in [0.717, 1.165) is 4.88 Å². The number of aliphatic hydroxyl groups excluding tert-OH is 1. The van der Waals surface area contributed by atoms with E-state index in [1.54, 1.807) is 17.0 Å². The van der Waals surface area contributed by atoms with Gasteiger partial charge in [0.1, 0.15) is 0 Å². The maximum Gasteiger partial charge on any atom is 0.263 e. The number of hydrogen-bond donors (Lipinski definition) is 1. The summed E-state index contributed by atoms with van der Waals surface area (Å²) in [5.41, 5.74) is 0. The Hall–Kier alpha value is -1.36. The van der Waals surface area contributed by atoms with Crippen LogP contribution in [0.25, 0.3) is 0 Å². The maximum absolute atomic E-state index is 12.4. The van der Waals surface area contributed by atoms with Gasteiger partial charge in [-0.1, -0.05) is 11.8 Å². The number of rotatable bonds is 2. The molecule has 1 aliphatic rings. The Morgan fingerprint density at radius 1 is 1.33 bits per heavy atom. The van der Waals surface area contributed by atoms with Gasteiger partial charge < -0.3 is 10.0 Å². The molecule has 1 fully saturated rings. The van der Waals surface area contributed by atoms with Crippen molar-refractivity contribution in [1.82, 2.24) is 4.90 Å². The minimum atomic E-state index is -3.01. The third-order valence-corrected chi connectivity index (χ3v) is 5.81. The highest BCUT2D eigenvalue weighted by Gasteiger charge is 2.24. The fourth-order valence-electron chi connectivity index (χ4n) is 2.02. The van der Waals surface area contributed by atoms with E-state index in [0.29, 0.717) is 24.3 Å². The molecule has 0 radical (unpaired) electrons. The van der Waals surface area contributed by atoms with Crippen molar-refractivity contribution in [2.24, 2.45) is 0 Å². The Balaban J connectivity index is 2.05. The molecule has 0 bridgehead atoms. The molecule has 114 valence electrons. The highest BCUT2D eigenvalue weighted by molar-refractivity contribution is 7.91. The first kappa shape index (κ1) is 16.0. The molecule has 1 saturated heterocycles. The van der Waals surface area contributed by atoms with Crippen LogP contribution in [0.2, 0.25) is 0 Å². The van der Waals surface area contributed by atoms with E-state index in [2.05, 4.69) is 11.8 Å². The first-order chi connectivity index (χ1) is 10.0. The molecule has 21 heavy (non-hydrogen) atoms. The topological polar surface area (TPSA) is 74.7 Å². The fourth-order valence-corrected chi connectivity index (χ4v) is 4.14. The van der Waals surface area contributed by atoms with Gasteiger partial charge in [0.05, 0.1) is 27.9 Å². The summed E-state index contributed by atoms with van der Waals surface area (Å²) < 4.78 is 23.1.